The number of anilines is 1. The summed E-state index contributed by atoms with van der Waals surface area (Å²) in [6.45, 7) is 9.09. The van der Waals surface area contributed by atoms with Crippen molar-refractivity contribution in [3.8, 4) is 5.75 Å². The minimum Gasteiger partial charge on any atom is -0.493 e. The molecule has 0 radical (unpaired) electrons. The van der Waals surface area contributed by atoms with E-state index in [1.807, 2.05) is 24.3 Å². The first kappa shape index (κ1) is 20.9. The minimum absolute atomic E-state index is 0.261. The van der Waals surface area contributed by atoms with E-state index in [-0.39, 0.29) is 11.0 Å². The Bertz CT molecular complexity index is 789. The summed E-state index contributed by atoms with van der Waals surface area (Å²) in [5.74, 6) is 1.24. The first-order chi connectivity index (χ1) is 12.9. The Kier molecular flexibility index (Phi) is 7.80. The molecule has 2 N–H and O–H groups in total. The molecule has 0 aliphatic rings. The van der Waals surface area contributed by atoms with Crippen LogP contribution in [-0.4, -0.2) is 17.6 Å². The van der Waals surface area contributed by atoms with E-state index in [1.54, 1.807) is 18.2 Å². The van der Waals surface area contributed by atoms with Gasteiger partial charge >= 0.3 is 0 Å². The van der Waals surface area contributed by atoms with Gasteiger partial charge in [-0.3, -0.25) is 10.1 Å². The average molecular weight is 385 g/mol. The molecule has 0 aromatic heterocycles. The van der Waals surface area contributed by atoms with Crippen LogP contribution in [0.15, 0.2) is 48.5 Å². The Morgan fingerprint density at radius 2 is 1.85 bits per heavy atom. The van der Waals surface area contributed by atoms with Crippen molar-refractivity contribution in [2.75, 3.05) is 11.9 Å². The number of thiocarbonyl (C=S) groups is 1. The van der Waals surface area contributed by atoms with E-state index in [4.69, 9.17) is 17.0 Å². The highest BCUT2D eigenvalue weighted by atomic mass is 32.1. The zero-order chi connectivity index (χ0) is 19.8. The molecule has 0 heterocycles. The molecule has 0 bridgehead atoms. The number of carbonyl (C=O) groups excluding carboxylic acids is 1. The summed E-state index contributed by atoms with van der Waals surface area (Å²) in [7, 11) is 0. The molecule has 1 unspecified atom stereocenters. The average Bonchev–Trinajstić information content (AvgIpc) is 2.66. The Labute approximate surface area is 167 Å². The van der Waals surface area contributed by atoms with Gasteiger partial charge in [0.1, 0.15) is 5.75 Å². The van der Waals surface area contributed by atoms with E-state index < -0.39 is 0 Å². The summed E-state index contributed by atoms with van der Waals surface area (Å²) >= 11 is 5.34. The molecule has 0 aliphatic carbocycles. The van der Waals surface area contributed by atoms with Crippen LogP contribution in [0.2, 0.25) is 0 Å². The fourth-order valence-electron chi connectivity index (χ4n) is 2.58. The molecule has 0 aliphatic heterocycles. The van der Waals surface area contributed by atoms with Crippen LogP contribution < -0.4 is 15.4 Å². The summed E-state index contributed by atoms with van der Waals surface area (Å²) in [6, 6.07) is 15.1. The molecule has 4 nitrogen and oxygen atoms in total. The fraction of sp³-hybridized carbons (Fsp3) is 0.364. The normalized spacial score (nSPS) is 11.7. The van der Waals surface area contributed by atoms with Gasteiger partial charge in [-0.25, -0.2) is 0 Å². The monoisotopic (exact) mass is 384 g/mol. The maximum Gasteiger partial charge on any atom is 0.257 e. The van der Waals surface area contributed by atoms with E-state index >= 15 is 0 Å². The lowest BCUT2D eigenvalue weighted by atomic mass is 9.97. The van der Waals surface area contributed by atoms with Crippen molar-refractivity contribution in [3.05, 3.63) is 59.7 Å². The van der Waals surface area contributed by atoms with Crippen LogP contribution >= 0.6 is 12.2 Å². The molecular weight excluding hydrogens is 356 g/mol. The first-order valence-electron chi connectivity index (χ1n) is 9.34. The fourth-order valence-corrected chi connectivity index (χ4v) is 2.78. The first-order valence-corrected chi connectivity index (χ1v) is 9.75. The Morgan fingerprint density at radius 1 is 1.11 bits per heavy atom. The van der Waals surface area contributed by atoms with Gasteiger partial charge in [-0.1, -0.05) is 52.0 Å². The largest absolute Gasteiger partial charge is 0.493 e. The zero-order valence-electron chi connectivity index (χ0n) is 16.4. The molecule has 144 valence electrons. The number of hydrogen-bond donors (Lipinski definition) is 2. The molecule has 0 fully saturated rings. The lowest BCUT2D eigenvalue weighted by Crippen LogP contribution is -2.34. The van der Waals surface area contributed by atoms with Gasteiger partial charge in [0.05, 0.1) is 6.61 Å². The van der Waals surface area contributed by atoms with E-state index in [1.165, 1.54) is 5.56 Å². The van der Waals surface area contributed by atoms with Crippen LogP contribution in [0, 0.1) is 5.92 Å². The van der Waals surface area contributed by atoms with Gasteiger partial charge in [0.15, 0.2) is 5.11 Å². The molecule has 5 heteroatoms. The Balaban J connectivity index is 2.02. The van der Waals surface area contributed by atoms with Gasteiger partial charge in [-0.15, -0.1) is 0 Å². The van der Waals surface area contributed by atoms with Crippen molar-refractivity contribution in [2.45, 2.75) is 40.0 Å². The number of amides is 1. The number of rotatable bonds is 7. The second-order valence-corrected chi connectivity index (χ2v) is 7.45. The van der Waals surface area contributed by atoms with Gasteiger partial charge < -0.3 is 10.1 Å². The summed E-state index contributed by atoms with van der Waals surface area (Å²) in [4.78, 5) is 12.5. The molecule has 0 saturated heterocycles. The van der Waals surface area contributed by atoms with Gasteiger partial charge in [-0.05, 0) is 60.3 Å². The second-order valence-electron chi connectivity index (χ2n) is 7.04. The highest BCUT2D eigenvalue weighted by molar-refractivity contribution is 7.80. The molecule has 2 aromatic carbocycles. The van der Waals surface area contributed by atoms with Crippen molar-refractivity contribution < 1.29 is 9.53 Å². The van der Waals surface area contributed by atoms with Crippen LogP contribution in [-0.2, 0) is 0 Å². The number of carbonyl (C=O) groups is 1. The van der Waals surface area contributed by atoms with Gasteiger partial charge in [0.25, 0.3) is 5.91 Å². The number of ether oxygens (including phenoxy) is 1. The quantitative estimate of drug-likeness (QED) is 0.631. The number of benzene rings is 2. The third-order valence-corrected chi connectivity index (χ3v) is 4.46. The zero-order valence-corrected chi connectivity index (χ0v) is 17.2. The third-order valence-electron chi connectivity index (χ3n) is 4.26. The highest BCUT2D eigenvalue weighted by Crippen LogP contribution is 2.26. The van der Waals surface area contributed by atoms with Crippen molar-refractivity contribution in [1.29, 1.82) is 0 Å². The standard InChI is InChI=1S/C22H28N2O2S/c1-5-16(4)19-11-6-7-12-20(19)23-22(27)24-21(25)17-9-8-10-18(13-17)26-14-15(2)3/h6-13,15-16H,5,14H2,1-4H3,(H2,23,24,25,27). The SMILES string of the molecule is CCC(C)c1ccccc1NC(=S)NC(=O)c1cccc(OCC(C)C)c1. The molecule has 1 amide bonds. The van der Waals surface area contributed by atoms with Crippen LogP contribution in [0.3, 0.4) is 0 Å². The van der Waals surface area contributed by atoms with E-state index in [9.17, 15) is 4.79 Å². The van der Waals surface area contributed by atoms with Crippen molar-refractivity contribution in [1.82, 2.24) is 5.32 Å². The predicted molar refractivity (Wildman–Crippen MR) is 116 cm³/mol. The number of nitrogens with one attached hydrogen (secondary N) is 2. The smallest absolute Gasteiger partial charge is 0.257 e. The molecule has 1 atom stereocenters. The maximum absolute atomic E-state index is 12.5. The van der Waals surface area contributed by atoms with Crippen molar-refractivity contribution in [2.24, 2.45) is 5.92 Å². The lowest BCUT2D eigenvalue weighted by molar-refractivity contribution is 0.0977. The van der Waals surface area contributed by atoms with Crippen molar-refractivity contribution in [3.63, 3.8) is 0 Å². The number of para-hydroxylation sites is 1. The molecule has 27 heavy (non-hydrogen) atoms. The van der Waals surface area contributed by atoms with Crippen LogP contribution in [0.1, 0.15) is 56.0 Å². The van der Waals surface area contributed by atoms with Gasteiger partial charge in [-0.2, -0.15) is 0 Å². The van der Waals surface area contributed by atoms with E-state index in [2.05, 4.69) is 44.4 Å². The topological polar surface area (TPSA) is 50.4 Å². The summed E-state index contributed by atoms with van der Waals surface area (Å²) in [5.41, 5.74) is 2.61. The van der Waals surface area contributed by atoms with Crippen molar-refractivity contribution >= 4 is 28.9 Å². The van der Waals surface area contributed by atoms with E-state index in [0.717, 1.165) is 12.1 Å². The highest BCUT2D eigenvalue weighted by Gasteiger charge is 2.12. The summed E-state index contributed by atoms with van der Waals surface area (Å²) < 4.78 is 5.68. The van der Waals surface area contributed by atoms with Crippen LogP contribution in [0.4, 0.5) is 5.69 Å². The molecule has 2 rings (SSSR count). The molecule has 0 spiro atoms. The third kappa shape index (κ3) is 6.36. The van der Waals surface area contributed by atoms with Gasteiger partial charge in [0.2, 0.25) is 0 Å². The van der Waals surface area contributed by atoms with Crippen LogP contribution in [0.25, 0.3) is 0 Å². The van der Waals surface area contributed by atoms with Crippen LogP contribution in [0.5, 0.6) is 5.75 Å². The molecule has 0 saturated carbocycles. The Morgan fingerprint density at radius 3 is 2.56 bits per heavy atom. The minimum atomic E-state index is -0.261. The summed E-state index contributed by atoms with van der Waals surface area (Å²) in [6.07, 6.45) is 1.03. The molecular formula is C22H28N2O2S. The summed E-state index contributed by atoms with van der Waals surface area (Å²) in [5, 5.41) is 6.18. The second kappa shape index (κ2) is 10.1. The Hall–Kier alpha value is -2.40. The number of hydrogen-bond acceptors (Lipinski definition) is 3. The van der Waals surface area contributed by atoms with Gasteiger partial charge in [0, 0.05) is 11.3 Å². The van der Waals surface area contributed by atoms with E-state index in [0.29, 0.717) is 29.8 Å². The predicted octanol–water partition coefficient (Wildman–Crippen LogP) is 5.36. The molecule has 2 aromatic rings. The maximum atomic E-state index is 12.5. The lowest BCUT2D eigenvalue weighted by Gasteiger charge is -2.17.